The molecule has 2 aliphatic rings. The van der Waals surface area contributed by atoms with E-state index < -0.39 is 17.6 Å². The lowest BCUT2D eigenvalue weighted by atomic mass is 9.85. The van der Waals surface area contributed by atoms with Crippen LogP contribution in [0, 0.1) is 6.92 Å². The fraction of sp³-hybridized carbons (Fsp3) is 0.147. The van der Waals surface area contributed by atoms with Crippen molar-refractivity contribution in [2.75, 3.05) is 4.90 Å². The number of hydrogen-bond acceptors (Lipinski definition) is 6. The van der Waals surface area contributed by atoms with Crippen LogP contribution in [0.25, 0.3) is 11.0 Å². The Labute approximate surface area is 236 Å². The van der Waals surface area contributed by atoms with Gasteiger partial charge in [0.2, 0.25) is 11.0 Å². The van der Waals surface area contributed by atoms with Crippen LogP contribution in [0.3, 0.4) is 0 Å². The van der Waals surface area contributed by atoms with E-state index in [1.54, 1.807) is 35.2 Å². The Balaban J connectivity index is 1.40. The first-order chi connectivity index (χ1) is 19.9. The largest absolute Gasteiger partial charge is 0.463 e. The molecule has 1 amide bonds. The highest BCUT2D eigenvalue weighted by Gasteiger charge is 2.60. The molecule has 0 saturated heterocycles. The monoisotopic (exact) mass is 542 g/mol. The smallest absolute Gasteiger partial charge is 0.268 e. The molecule has 0 spiro atoms. The fourth-order valence-electron chi connectivity index (χ4n) is 5.73. The average molecular weight is 543 g/mol. The number of amides is 1. The van der Waals surface area contributed by atoms with Crippen LogP contribution < -0.4 is 10.3 Å². The lowest BCUT2D eigenvalue weighted by Crippen LogP contribution is -2.45. The van der Waals surface area contributed by atoms with Gasteiger partial charge in [-0.2, -0.15) is 0 Å². The molecule has 41 heavy (non-hydrogen) atoms. The van der Waals surface area contributed by atoms with Gasteiger partial charge < -0.3 is 19.2 Å². The minimum atomic E-state index is -2.18. The maximum absolute atomic E-state index is 14.2. The van der Waals surface area contributed by atoms with Crippen LogP contribution in [0.1, 0.15) is 39.7 Å². The summed E-state index contributed by atoms with van der Waals surface area (Å²) in [6.07, 6.45) is -1.36. The minimum absolute atomic E-state index is 0.0774. The summed E-state index contributed by atoms with van der Waals surface area (Å²) in [5, 5.41) is 12.8. The van der Waals surface area contributed by atoms with Crippen molar-refractivity contribution in [2.45, 2.75) is 31.7 Å². The number of benzene rings is 4. The van der Waals surface area contributed by atoms with Gasteiger partial charge in [-0.25, -0.2) is 4.99 Å². The molecule has 2 aliphatic heterocycles. The molecular weight excluding hydrogens is 516 g/mol. The number of fused-ring (bicyclic) bond motifs is 3. The van der Waals surface area contributed by atoms with Gasteiger partial charge in [-0.3, -0.25) is 9.59 Å². The standard InChI is InChI=1S/C34H26N2O5/c1-21-16-17-27-24(18-21)29(37)28-30(40-27)32(35-19-22-10-4-2-5-11-22)41-31(28)34(39)25-14-8-9-15-26(25)36(33(34)38)20-23-12-6-3-7-13-23/h2-18,31,39H,19-20H2,1H3/t31-,34-/m1/s1. The second-order valence-corrected chi connectivity index (χ2v) is 10.4. The molecule has 3 heterocycles. The Hall–Kier alpha value is -5.01. The molecule has 0 saturated carbocycles. The van der Waals surface area contributed by atoms with Gasteiger partial charge in [0.05, 0.1) is 29.7 Å². The highest BCUT2D eigenvalue weighted by Crippen LogP contribution is 2.51. The quantitative estimate of drug-likeness (QED) is 0.314. The highest BCUT2D eigenvalue weighted by atomic mass is 16.5. The lowest BCUT2D eigenvalue weighted by Gasteiger charge is -2.28. The number of hydrogen-bond donors (Lipinski definition) is 1. The van der Waals surface area contributed by atoms with Crippen LogP contribution in [0.5, 0.6) is 0 Å². The van der Waals surface area contributed by atoms with E-state index in [1.165, 1.54) is 0 Å². The number of para-hydroxylation sites is 1. The molecule has 1 N–H and O–H groups in total. The van der Waals surface area contributed by atoms with Crippen LogP contribution in [-0.4, -0.2) is 16.9 Å². The number of nitrogens with zero attached hydrogens (tertiary/aromatic N) is 2. The number of ether oxygens (including phenoxy) is 1. The Morgan fingerprint density at radius 1 is 0.878 bits per heavy atom. The number of carbonyl (C=O) groups is 1. The highest BCUT2D eigenvalue weighted by molar-refractivity contribution is 6.09. The molecule has 0 fully saturated rings. The van der Waals surface area contributed by atoms with Crippen molar-refractivity contribution < 1.29 is 19.1 Å². The van der Waals surface area contributed by atoms with E-state index in [4.69, 9.17) is 9.15 Å². The predicted molar refractivity (Wildman–Crippen MR) is 156 cm³/mol. The zero-order valence-corrected chi connectivity index (χ0v) is 22.3. The van der Waals surface area contributed by atoms with Crippen LogP contribution in [0.2, 0.25) is 0 Å². The molecule has 202 valence electrons. The normalized spacial score (nSPS) is 20.3. The number of anilines is 1. The van der Waals surface area contributed by atoms with E-state index in [0.717, 1.165) is 16.7 Å². The van der Waals surface area contributed by atoms with Gasteiger partial charge in [0.25, 0.3) is 11.8 Å². The van der Waals surface area contributed by atoms with Crippen molar-refractivity contribution in [3.8, 4) is 0 Å². The molecule has 0 radical (unpaired) electrons. The minimum Gasteiger partial charge on any atom is -0.463 e. The van der Waals surface area contributed by atoms with E-state index >= 15 is 0 Å². The van der Waals surface area contributed by atoms with Crippen molar-refractivity contribution in [1.82, 2.24) is 0 Å². The Kier molecular flexibility index (Phi) is 5.83. The SMILES string of the molecule is Cc1ccc2oc3c(c(=O)c2c1)[C@H]([C@@]1(O)C(=O)N(Cc2ccccc2)c2ccccc21)OC3=NCc1ccccc1. The average Bonchev–Trinajstić information content (AvgIpc) is 3.48. The molecule has 4 aromatic carbocycles. The van der Waals surface area contributed by atoms with Crippen LogP contribution >= 0.6 is 0 Å². The van der Waals surface area contributed by atoms with E-state index in [1.807, 2.05) is 79.7 Å². The van der Waals surface area contributed by atoms with Crippen molar-refractivity contribution in [3.05, 3.63) is 147 Å². The van der Waals surface area contributed by atoms with Gasteiger partial charge in [0, 0.05) is 5.56 Å². The Bertz CT molecular complexity index is 1900. The summed E-state index contributed by atoms with van der Waals surface area (Å²) >= 11 is 0. The van der Waals surface area contributed by atoms with Crippen LogP contribution in [0.4, 0.5) is 5.69 Å². The maximum atomic E-state index is 14.2. The molecule has 1 aromatic heterocycles. The molecular formula is C34H26N2O5. The molecule has 5 aromatic rings. The molecule has 7 rings (SSSR count). The molecule has 7 heteroatoms. The summed E-state index contributed by atoms with van der Waals surface area (Å²) in [7, 11) is 0. The molecule has 0 aliphatic carbocycles. The molecule has 2 atom stereocenters. The zero-order valence-electron chi connectivity index (χ0n) is 22.3. The zero-order chi connectivity index (χ0) is 28.1. The molecule has 0 unspecified atom stereocenters. The van der Waals surface area contributed by atoms with E-state index in [9.17, 15) is 14.7 Å². The van der Waals surface area contributed by atoms with Gasteiger partial charge >= 0.3 is 0 Å². The topological polar surface area (TPSA) is 92.3 Å². The van der Waals surface area contributed by atoms with E-state index in [-0.39, 0.29) is 35.7 Å². The number of aliphatic hydroxyl groups is 1. The summed E-state index contributed by atoms with van der Waals surface area (Å²) in [4.78, 5) is 34.5. The number of aryl methyl sites for hydroxylation is 1. The van der Waals surface area contributed by atoms with E-state index in [2.05, 4.69) is 4.99 Å². The lowest BCUT2D eigenvalue weighted by molar-refractivity contribution is -0.148. The Morgan fingerprint density at radius 3 is 2.32 bits per heavy atom. The third-order valence-electron chi connectivity index (χ3n) is 7.75. The summed E-state index contributed by atoms with van der Waals surface area (Å²) in [6, 6.07) is 31.6. The third kappa shape index (κ3) is 3.97. The van der Waals surface area contributed by atoms with Crippen molar-refractivity contribution in [2.24, 2.45) is 4.99 Å². The second-order valence-electron chi connectivity index (χ2n) is 10.4. The summed E-state index contributed by atoms with van der Waals surface area (Å²) in [5.41, 5.74) is 1.56. The maximum Gasteiger partial charge on any atom is 0.268 e. The summed E-state index contributed by atoms with van der Waals surface area (Å²) in [5.74, 6) is -0.368. The van der Waals surface area contributed by atoms with Crippen LogP contribution in [0.15, 0.2) is 117 Å². The molecule has 0 bridgehead atoms. The van der Waals surface area contributed by atoms with Crippen molar-refractivity contribution >= 4 is 28.5 Å². The van der Waals surface area contributed by atoms with Gasteiger partial charge in [-0.1, -0.05) is 90.5 Å². The molecule has 7 nitrogen and oxygen atoms in total. The van der Waals surface area contributed by atoms with Gasteiger partial charge in [-0.15, -0.1) is 0 Å². The van der Waals surface area contributed by atoms with E-state index in [0.29, 0.717) is 22.2 Å². The first-order valence-corrected chi connectivity index (χ1v) is 13.5. The Morgan fingerprint density at radius 2 is 1.56 bits per heavy atom. The number of rotatable bonds is 5. The fourth-order valence-corrected chi connectivity index (χ4v) is 5.73. The van der Waals surface area contributed by atoms with Gasteiger partial charge in [0.15, 0.2) is 11.9 Å². The number of aliphatic imine (C=N–C) groups is 1. The van der Waals surface area contributed by atoms with Crippen molar-refractivity contribution in [1.29, 1.82) is 0 Å². The van der Waals surface area contributed by atoms with Crippen LogP contribution in [-0.2, 0) is 28.2 Å². The third-order valence-corrected chi connectivity index (χ3v) is 7.75. The summed E-state index contributed by atoms with van der Waals surface area (Å²) < 4.78 is 12.5. The first kappa shape index (κ1) is 25.0. The predicted octanol–water partition coefficient (Wildman–Crippen LogP) is 5.55. The summed E-state index contributed by atoms with van der Waals surface area (Å²) in [6.45, 7) is 2.40. The van der Waals surface area contributed by atoms with Gasteiger partial charge in [0.1, 0.15) is 5.58 Å². The first-order valence-electron chi connectivity index (χ1n) is 13.5. The number of carbonyl (C=O) groups excluding carboxylic acids is 1. The van der Waals surface area contributed by atoms with Crippen molar-refractivity contribution in [3.63, 3.8) is 0 Å². The second kappa shape index (κ2) is 9.57. The van der Waals surface area contributed by atoms with Gasteiger partial charge in [-0.05, 0) is 36.2 Å².